The van der Waals surface area contributed by atoms with Gasteiger partial charge in [0.05, 0.1) is 11.2 Å². The summed E-state index contributed by atoms with van der Waals surface area (Å²) in [5.41, 5.74) is 3.46. The van der Waals surface area contributed by atoms with Crippen LogP contribution in [0.5, 0.6) is 0 Å². The maximum atomic E-state index is 3.89. The lowest BCUT2D eigenvalue weighted by Gasteiger charge is -2.00. The van der Waals surface area contributed by atoms with Crippen LogP contribution in [0.2, 0.25) is 0 Å². The van der Waals surface area contributed by atoms with Crippen molar-refractivity contribution in [3.63, 3.8) is 0 Å². The Hall–Kier alpha value is -2.02. The van der Waals surface area contributed by atoms with Gasteiger partial charge in [-0.1, -0.05) is 43.5 Å². The fraction of sp³-hybridized carbons (Fsp3) is 0.0667. The Kier molecular flexibility index (Phi) is 2.78. The van der Waals surface area contributed by atoms with E-state index < -0.39 is 0 Å². The van der Waals surface area contributed by atoms with E-state index >= 15 is 0 Å². The van der Waals surface area contributed by atoms with Gasteiger partial charge >= 0.3 is 0 Å². The number of hydrogen-bond donors (Lipinski definition) is 0. The van der Waals surface area contributed by atoms with E-state index in [1.807, 2.05) is 37.4 Å². The average molecular weight is 209 g/mol. The molecule has 0 saturated carbocycles. The minimum Gasteiger partial charge on any atom is -0.317 e. The summed E-state index contributed by atoms with van der Waals surface area (Å²) in [6.45, 7) is 9.77. The normalized spacial score (nSPS) is 11.1. The molecule has 0 unspecified atom stereocenters. The van der Waals surface area contributed by atoms with Crippen molar-refractivity contribution < 1.29 is 0 Å². The van der Waals surface area contributed by atoms with Crippen molar-refractivity contribution in [2.75, 3.05) is 0 Å². The Morgan fingerprint density at radius 2 is 1.94 bits per heavy atom. The first kappa shape index (κ1) is 10.5. The molecule has 1 aromatic carbocycles. The molecule has 0 radical (unpaired) electrons. The molecule has 0 atom stereocenters. The summed E-state index contributed by atoms with van der Waals surface area (Å²) in [7, 11) is 0. The molecular weight excluding hydrogens is 194 g/mol. The Bertz CT molecular complexity index is 525. The van der Waals surface area contributed by atoms with Crippen molar-refractivity contribution in [2.45, 2.75) is 6.92 Å². The number of rotatable bonds is 3. The third kappa shape index (κ3) is 1.41. The van der Waals surface area contributed by atoms with Crippen LogP contribution in [0.25, 0.3) is 29.3 Å². The van der Waals surface area contributed by atoms with Gasteiger partial charge in [0, 0.05) is 17.1 Å². The second-order valence-corrected chi connectivity index (χ2v) is 3.57. The zero-order valence-corrected chi connectivity index (χ0v) is 9.48. The highest BCUT2D eigenvalue weighted by molar-refractivity contribution is 5.95. The second-order valence-electron chi connectivity index (χ2n) is 3.57. The number of fused-ring (bicyclic) bond motifs is 1. The highest BCUT2D eigenvalue weighted by atomic mass is 15.0. The quantitative estimate of drug-likeness (QED) is 0.705. The van der Waals surface area contributed by atoms with Gasteiger partial charge in [0.15, 0.2) is 0 Å². The Balaban J connectivity index is 2.94. The van der Waals surface area contributed by atoms with E-state index in [-0.39, 0.29) is 0 Å². The lowest BCUT2D eigenvalue weighted by Crippen LogP contribution is -1.88. The van der Waals surface area contributed by atoms with Gasteiger partial charge in [-0.25, -0.2) is 0 Å². The number of benzene rings is 1. The standard InChI is InChI=1S/C15H15N/c1-4-9-14-12(5-2)13-10-7-8-11-15(13)16(14)6-3/h4-11H,2-3H2,1H3/b9-4-. The highest BCUT2D eigenvalue weighted by Gasteiger charge is 2.10. The van der Waals surface area contributed by atoms with E-state index in [4.69, 9.17) is 0 Å². The largest absolute Gasteiger partial charge is 0.317 e. The van der Waals surface area contributed by atoms with Crippen LogP contribution < -0.4 is 0 Å². The first-order valence-corrected chi connectivity index (χ1v) is 5.34. The fourth-order valence-electron chi connectivity index (χ4n) is 2.05. The number of para-hydroxylation sites is 1. The van der Waals surface area contributed by atoms with Gasteiger partial charge in [0.2, 0.25) is 0 Å². The SMILES string of the molecule is C=Cc1c(/C=C\C)n(C=C)c2ccccc12. The van der Waals surface area contributed by atoms with Crippen LogP contribution >= 0.6 is 0 Å². The van der Waals surface area contributed by atoms with Crippen LogP contribution in [-0.4, -0.2) is 4.57 Å². The van der Waals surface area contributed by atoms with E-state index in [0.717, 1.165) is 11.3 Å². The molecule has 16 heavy (non-hydrogen) atoms. The zero-order chi connectivity index (χ0) is 11.5. The molecule has 0 bridgehead atoms. The van der Waals surface area contributed by atoms with Crippen molar-refractivity contribution in [2.24, 2.45) is 0 Å². The molecule has 80 valence electrons. The molecule has 1 heterocycles. The topological polar surface area (TPSA) is 4.93 Å². The Morgan fingerprint density at radius 3 is 2.56 bits per heavy atom. The molecule has 2 aromatic rings. The fourth-order valence-corrected chi connectivity index (χ4v) is 2.05. The third-order valence-corrected chi connectivity index (χ3v) is 2.70. The van der Waals surface area contributed by atoms with Crippen molar-refractivity contribution >= 4 is 29.3 Å². The molecule has 0 saturated heterocycles. The number of nitrogens with zero attached hydrogens (tertiary/aromatic N) is 1. The summed E-state index contributed by atoms with van der Waals surface area (Å²) in [4.78, 5) is 0. The van der Waals surface area contributed by atoms with Crippen molar-refractivity contribution in [1.29, 1.82) is 0 Å². The highest BCUT2D eigenvalue weighted by Crippen LogP contribution is 2.28. The van der Waals surface area contributed by atoms with Crippen molar-refractivity contribution in [3.05, 3.63) is 54.8 Å². The van der Waals surface area contributed by atoms with Gasteiger partial charge < -0.3 is 4.57 Å². The van der Waals surface area contributed by atoms with Crippen molar-refractivity contribution in [3.8, 4) is 0 Å². The number of allylic oxidation sites excluding steroid dienone is 1. The number of aromatic nitrogens is 1. The summed E-state index contributed by atoms with van der Waals surface area (Å²) in [5, 5.41) is 1.21. The van der Waals surface area contributed by atoms with Crippen LogP contribution in [0.3, 0.4) is 0 Å². The van der Waals surface area contributed by atoms with E-state index in [9.17, 15) is 0 Å². The van der Waals surface area contributed by atoms with E-state index in [2.05, 4.69) is 35.9 Å². The van der Waals surface area contributed by atoms with Gasteiger partial charge in [-0.05, 0) is 19.1 Å². The van der Waals surface area contributed by atoms with Gasteiger partial charge in [-0.15, -0.1) is 0 Å². The summed E-state index contributed by atoms with van der Waals surface area (Å²) in [5.74, 6) is 0. The third-order valence-electron chi connectivity index (χ3n) is 2.70. The van der Waals surface area contributed by atoms with E-state index in [0.29, 0.717) is 0 Å². The molecule has 1 aromatic heterocycles. The molecule has 0 aliphatic carbocycles. The van der Waals surface area contributed by atoms with Gasteiger partial charge in [0.1, 0.15) is 0 Å². The lowest BCUT2D eigenvalue weighted by atomic mass is 10.1. The minimum absolute atomic E-state index is 1.13. The molecule has 0 N–H and O–H groups in total. The summed E-state index contributed by atoms with van der Waals surface area (Å²) < 4.78 is 2.09. The molecule has 1 heteroatoms. The maximum Gasteiger partial charge on any atom is 0.0534 e. The van der Waals surface area contributed by atoms with Crippen LogP contribution in [-0.2, 0) is 0 Å². The Labute approximate surface area is 96.0 Å². The Morgan fingerprint density at radius 1 is 1.19 bits per heavy atom. The predicted octanol–water partition coefficient (Wildman–Crippen LogP) is 4.42. The van der Waals surface area contributed by atoms with E-state index in [1.54, 1.807) is 0 Å². The zero-order valence-electron chi connectivity index (χ0n) is 9.48. The average Bonchev–Trinajstić information content (AvgIpc) is 2.62. The molecule has 0 spiro atoms. The lowest BCUT2D eigenvalue weighted by molar-refractivity contribution is 1.20. The smallest absolute Gasteiger partial charge is 0.0534 e. The van der Waals surface area contributed by atoms with Crippen molar-refractivity contribution in [1.82, 2.24) is 4.57 Å². The van der Waals surface area contributed by atoms with Crippen LogP contribution in [0, 0.1) is 0 Å². The van der Waals surface area contributed by atoms with Gasteiger partial charge in [0.25, 0.3) is 0 Å². The molecule has 1 nitrogen and oxygen atoms in total. The molecule has 0 aliphatic heterocycles. The first-order chi connectivity index (χ1) is 7.83. The summed E-state index contributed by atoms with van der Waals surface area (Å²) >= 11 is 0. The molecule has 0 fully saturated rings. The molecule has 2 rings (SSSR count). The monoisotopic (exact) mass is 209 g/mol. The molecular formula is C15H15N. The maximum absolute atomic E-state index is 3.89. The van der Waals surface area contributed by atoms with Gasteiger partial charge in [-0.3, -0.25) is 0 Å². The van der Waals surface area contributed by atoms with Crippen LogP contribution in [0.15, 0.2) is 43.5 Å². The molecule has 0 amide bonds. The van der Waals surface area contributed by atoms with Crippen LogP contribution in [0.4, 0.5) is 0 Å². The predicted molar refractivity (Wildman–Crippen MR) is 73.1 cm³/mol. The van der Waals surface area contributed by atoms with Crippen LogP contribution in [0.1, 0.15) is 18.2 Å². The minimum atomic E-state index is 1.13. The second kappa shape index (κ2) is 4.23. The molecule has 0 aliphatic rings. The summed E-state index contributed by atoms with van der Waals surface area (Å²) in [6.07, 6.45) is 7.85. The summed E-state index contributed by atoms with van der Waals surface area (Å²) in [6, 6.07) is 8.28. The van der Waals surface area contributed by atoms with E-state index in [1.165, 1.54) is 10.9 Å². The van der Waals surface area contributed by atoms with Gasteiger partial charge in [-0.2, -0.15) is 0 Å². The first-order valence-electron chi connectivity index (χ1n) is 5.34. The number of hydrogen-bond acceptors (Lipinski definition) is 0.